The normalized spacial score (nSPS) is 11.0. The molecule has 10 heteroatoms. The van der Waals surface area contributed by atoms with Crippen LogP contribution in [0.5, 0.6) is 11.5 Å². The third kappa shape index (κ3) is 9.75. The zero-order chi connectivity index (χ0) is 24.1. The first-order valence-corrected chi connectivity index (χ1v) is 12.0. The Bertz CT molecular complexity index is 932. The summed E-state index contributed by atoms with van der Waals surface area (Å²) >= 11 is 6.80. The summed E-state index contributed by atoms with van der Waals surface area (Å²) < 4.78 is 13.0. The van der Waals surface area contributed by atoms with Gasteiger partial charge >= 0.3 is 0 Å². The second-order valence-corrected chi connectivity index (χ2v) is 8.66. The van der Waals surface area contributed by atoms with Crippen molar-refractivity contribution < 1.29 is 19.1 Å². The Morgan fingerprint density at radius 3 is 1.64 bits per heavy atom. The Kier molecular flexibility index (Phi) is 11.6. The van der Waals surface area contributed by atoms with E-state index in [0.717, 1.165) is 21.8 Å². The minimum absolute atomic E-state index is 0.427. The Morgan fingerprint density at radius 1 is 0.818 bits per heavy atom. The van der Waals surface area contributed by atoms with Crippen LogP contribution in [-0.2, 0) is 9.59 Å². The van der Waals surface area contributed by atoms with E-state index >= 15 is 0 Å². The number of hydrazone groups is 2. The van der Waals surface area contributed by atoms with E-state index in [2.05, 4.69) is 52.9 Å². The fraction of sp³-hybridized carbons (Fsp3) is 0.304. The first kappa shape index (κ1) is 26.5. The molecule has 0 aliphatic rings. The molecule has 0 aliphatic carbocycles. The van der Waals surface area contributed by atoms with Crippen molar-refractivity contribution in [3.8, 4) is 11.5 Å². The van der Waals surface area contributed by atoms with Gasteiger partial charge < -0.3 is 9.47 Å². The number of rotatable bonds is 12. The van der Waals surface area contributed by atoms with Crippen LogP contribution in [0.25, 0.3) is 0 Å². The van der Waals surface area contributed by atoms with Crippen molar-refractivity contribution in [1.82, 2.24) is 10.9 Å². The molecule has 2 amide bonds. The Balaban J connectivity index is 1.88. The minimum atomic E-state index is -0.570. The van der Waals surface area contributed by atoms with Gasteiger partial charge in [0.05, 0.1) is 25.6 Å². The minimum Gasteiger partial charge on any atom is -0.493 e. The molecule has 0 aliphatic heterocycles. The number of halogens is 2. The van der Waals surface area contributed by atoms with Crippen LogP contribution in [0.15, 0.2) is 55.5 Å². The lowest BCUT2D eigenvalue weighted by Gasteiger charge is -2.08. The van der Waals surface area contributed by atoms with Gasteiger partial charge in [-0.3, -0.25) is 9.59 Å². The Hall–Kier alpha value is -2.72. The molecule has 176 valence electrons. The fourth-order valence-corrected chi connectivity index (χ4v) is 3.26. The summed E-state index contributed by atoms with van der Waals surface area (Å²) in [6.45, 7) is 5.17. The molecule has 0 radical (unpaired) electrons. The van der Waals surface area contributed by atoms with Crippen molar-refractivity contribution in [2.75, 3.05) is 13.2 Å². The van der Waals surface area contributed by atoms with Crippen LogP contribution in [0.2, 0.25) is 0 Å². The molecule has 0 saturated heterocycles. The van der Waals surface area contributed by atoms with Gasteiger partial charge in [-0.05, 0) is 49.2 Å². The van der Waals surface area contributed by atoms with Crippen molar-refractivity contribution in [1.29, 1.82) is 0 Å². The van der Waals surface area contributed by atoms with Crippen LogP contribution in [0.3, 0.4) is 0 Å². The van der Waals surface area contributed by atoms with Gasteiger partial charge in [-0.15, -0.1) is 0 Å². The summed E-state index contributed by atoms with van der Waals surface area (Å²) in [6, 6.07) is 11.0. The molecule has 0 heterocycles. The molecule has 2 N–H and O–H groups in total. The summed E-state index contributed by atoms with van der Waals surface area (Å²) in [5, 5.41) is 7.83. The smallest absolute Gasteiger partial charge is 0.249 e. The number of hydrogen-bond donors (Lipinski definition) is 2. The number of benzene rings is 2. The Morgan fingerprint density at radius 2 is 1.24 bits per heavy atom. The third-order valence-corrected chi connectivity index (χ3v) is 4.96. The van der Waals surface area contributed by atoms with E-state index in [1.54, 1.807) is 0 Å². The molecule has 0 spiro atoms. The lowest BCUT2D eigenvalue weighted by atomic mass is 10.2. The van der Waals surface area contributed by atoms with Gasteiger partial charge in [-0.1, -0.05) is 45.7 Å². The SMILES string of the molecule is CCCOc1ccc(Br)cc1C=NNC(=O)CC(=O)NN=Cc1cc(Br)ccc1OCCC. The van der Waals surface area contributed by atoms with Gasteiger partial charge in [0, 0.05) is 20.1 Å². The second-order valence-electron chi connectivity index (χ2n) is 6.82. The number of hydrogen-bond acceptors (Lipinski definition) is 6. The molecule has 2 rings (SSSR count). The summed E-state index contributed by atoms with van der Waals surface area (Å²) in [5.41, 5.74) is 6.06. The van der Waals surface area contributed by atoms with Crippen molar-refractivity contribution in [3.05, 3.63) is 56.5 Å². The monoisotopic (exact) mass is 580 g/mol. The number of amides is 2. The number of nitrogens with zero attached hydrogens (tertiary/aromatic N) is 2. The van der Waals surface area contributed by atoms with E-state index in [0.29, 0.717) is 35.8 Å². The number of nitrogens with one attached hydrogen (secondary N) is 2. The molecule has 8 nitrogen and oxygen atoms in total. The van der Waals surface area contributed by atoms with Crippen molar-refractivity contribution >= 4 is 56.1 Å². The molecule has 0 aromatic heterocycles. The fourth-order valence-electron chi connectivity index (χ4n) is 2.50. The van der Waals surface area contributed by atoms with Crippen LogP contribution < -0.4 is 20.3 Å². The molecule has 0 fully saturated rings. The highest BCUT2D eigenvalue weighted by molar-refractivity contribution is 9.10. The highest BCUT2D eigenvalue weighted by atomic mass is 79.9. The van der Waals surface area contributed by atoms with Gasteiger partial charge in [-0.2, -0.15) is 10.2 Å². The number of carbonyl (C=O) groups is 2. The van der Waals surface area contributed by atoms with Crippen molar-refractivity contribution in [2.24, 2.45) is 10.2 Å². The van der Waals surface area contributed by atoms with Crippen LogP contribution in [0, 0.1) is 0 Å². The molecule has 0 saturated carbocycles. The van der Waals surface area contributed by atoms with Crippen LogP contribution in [0.4, 0.5) is 0 Å². The van der Waals surface area contributed by atoms with Gasteiger partial charge in [0.1, 0.15) is 17.9 Å². The largest absolute Gasteiger partial charge is 0.493 e. The molecule has 33 heavy (non-hydrogen) atoms. The topological polar surface area (TPSA) is 101 Å². The first-order chi connectivity index (χ1) is 15.9. The average Bonchev–Trinajstić information content (AvgIpc) is 2.78. The Labute approximate surface area is 210 Å². The van der Waals surface area contributed by atoms with Gasteiger partial charge in [0.15, 0.2) is 0 Å². The third-order valence-electron chi connectivity index (χ3n) is 3.97. The van der Waals surface area contributed by atoms with Gasteiger partial charge in [0.25, 0.3) is 0 Å². The van der Waals surface area contributed by atoms with Crippen LogP contribution in [0.1, 0.15) is 44.2 Å². The van der Waals surface area contributed by atoms with E-state index < -0.39 is 18.2 Å². The van der Waals surface area contributed by atoms with Crippen molar-refractivity contribution in [3.63, 3.8) is 0 Å². The summed E-state index contributed by atoms with van der Waals surface area (Å²) in [6.07, 6.45) is 4.25. The molecule has 2 aromatic rings. The molecule has 2 aromatic carbocycles. The van der Waals surface area contributed by atoms with E-state index in [4.69, 9.17) is 9.47 Å². The standard InChI is InChI=1S/C23H26Br2N4O4/c1-3-9-32-20-7-5-18(24)11-16(20)14-26-28-22(30)13-23(31)29-27-15-17-12-19(25)6-8-21(17)33-10-4-2/h5-8,11-12,14-15H,3-4,9-10,13H2,1-2H3,(H,28,30)(H,29,31). The maximum Gasteiger partial charge on any atom is 0.249 e. The van der Waals surface area contributed by atoms with E-state index in [1.807, 2.05) is 50.2 Å². The average molecular weight is 582 g/mol. The van der Waals surface area contributed by atoms with Crippen molar-refractivity contribution in [2.45, 2.75) is 33.1 Å². The maximum atomic E-state index is 12.0. The molecule has 0 bridgehead atoms. The van der Waals surface area contributed by atoms with Gasteiger partial charge in [0.2, 0.25) is 11.8 Å². The van der Waals surface area contributed by atoms with Gasteiger partial charge in [-0.25, -0.2) is 10.9 Å². The summed E-state index contributed by atoms with van der Waals surface area (Å²) in [5.74, 6) is 0.165. The molecular formula is C23H26Br2N4O4. The molecular weight excluding hydrogens is 556 g/mol. The number of ether oxygens (including phenoxy) is 2. The zero-order valence-electron chi connectivity index (χ0n) is 18.4. The zero-order valence-corrected chi connectivity index (χ0v) is 21.6. The first-order valence-electron chi connectivity index (χ1n) is 10.4. The van der Waals surface area contributed by atoms with E-state index in [-0.39, 0.29) is 0 Å². The highest BCUT2D eigenvalue weighted by Crippen LogP contribution is 2.23. The molecule has 0 unspecified atom stereocenters. The predicted octanol–water partition coefficient (Wildman–Crippen LogP) is 4.78. The maximum absolute atomic E-state index is 12.0. The van der Waals surface area contributed by atoms with Crippen LogP contribution in [-0.4, -0.2) is 37.5 Å². The second kappa shape index (κ2) is 14.4. The quantitative estimate of drug-likeness (QED) is 0.214. The van der Waals surface area contributed by atoms with E-state index in [9.17, 15) is 9.59 Å². The van der Waals surface area contributed by atoms with Crippen LogP contribution >= 0.6 is 31.9 Å². The predicted molar refractivity (Wildman–Crippen MR) is 136 cm³/mol. The lowest BCUT2D eigenvalue weighted by molar-refractivity contribution is -0.129. The summed E-state index contributed by atoms with van der Waals surface area (Å²) in [4.78, 5) is 24.0. The lowest BCUT2D eigenvalue weighted by Crippen LogP contribution is -2.27. The van der Waals surface area contributed by atoms with E-state index in [1.165, 1.54) is 12.4 Å². The summed E-state index contributed by atoms with van der Waals surface area (Å²) in [7, 11) is 0. The molecule has 0 atom stereocenters. The highest BCUT2D eigenvalue weighted by Gasteiger charge is 2.09. The number of carbonyl (C=O) groups excluding carboxylic acids is 2.